The number of aliphatic hydroxyl groups excluding tert-OH is 1. The smallest absolute Gasteiger partial charge is 0.334 e. The summed E-state index contributed by atoms with van der Waals surface area (Å²) in [5.74, 6) is -2.71. The van der Waals surface area contributed by atoms with Gasteiger partial charge in [0.1, 0.15) is 41.2 Å². The van der Waals surface area contributed by atoms with Gasteiger partial charge < -0.3 is 38.6 Å². The molecular formula is C33H42O11. The maximum Gasteiger partial charge on any atom is 0.334 e. The van der Waals surface area contributed by atoms with Gasteiger partial charge in [-0.15, -0.1) is 0 Å². The molecule has 3 spiro atoms. The zero-order chi connectivity index (χ0) is 31.4. The van der Waals surface area contributed by atoms with Crippen LogP contribution in [0.3, 0.4) is 0 Å². The summed E-state index contributed by atoms with van der Waals surface area (Å²) in [6, 6.07) is 0. The van der Waals surface area contributed by atoms with Gasteiger partial charge in [-0.3, -0.25) is 4.79 Å². The highest BCUT2D eigenvalue weighted by Gasteiger charge is 2.91. The molecular weight excluding hydrogens is 572 g/mol. The van der Waals surface area contributed by atoms with Crippen LogP contribution in [0.15, 0.2) is 23.3 Å². The predicted molar refractivity (Wildman–Crippen MR) is 150 cm³/mol. The average Bonchev–Trinajstić information content (AvgIpc) is 3.10. The van der Waals surface area contributed by atoms with Gasteiger partial charge in [-0.05, 0) is 59.5 Å². The van der Waals surface area contributed by atoms with E-state index in [9.17, 15) is 24.6 Å². The van der Waals surface area contributed by atoms with Gasteiger partial charge in [0.2, 0.25) is 0 Å². The lowest BCUT2D eigenvalue weighted by molar-refractivity contribution is -0.270. The third-order valence-electron chi connectivity index (χ3n) is 12.8. The number of allylic oxidation sites excluding steroid dienone is 1. The highest BCUT2D eigenvalue weighted by atomic mass is 16.7. The highest BCUT2D eigenvalue weighted by molar-refractivity contribution is 5.90. The molecule has 0 radical (unpaired) electrons. The van der Waals surface area contributed by atoms with Crippen LogP contribution in [0.2, 0.25) is 0 Å². The summed E-state index contributed by atoms with van der Waals surface area (Å²) in [5.41, 5.74) is -4.99. The normalized spacial score (nSPS) is 54.5. The minimum atomic E-state index is -1.65. The summed E-state index contributed by atoms with van der Waals surface area (Å²) < 4.78 is 38.1. The number of hydrogen-bond acceptors (Lipinski definition) is 11. The Kier molecular flexibility index (Phi) is 5.78. The molecule has 4 saturated heterocycles. The van der Waals surface area contributed by atoms with Crippen LogP contribution in [0.5, 0.6) is 0 Å². The molecule has 0 aromatic carbocycles. The Bertz CT molecular complexity index is 1420. The molecule has 11 nitrogen and oxygen atoms in total. The SMILES string of the molecule is C/C=C(/C)C(=O)O[C@@H]1C[C@H]2C(C)(C)O[C@@H]3CC(=O)O[C@@]32C[C@@]2(O)C[C@H](O)[C@]34O[C@@H]([C@@H]5C=C(C)C(=O)O5)[C@@H](C)[C@H]3C[C@@H]3O[C@@]34[C@H]12. The van der Waals surface area contributed by atoms with Crippen molar-refractivity contribution in [2.45, 2.75) is 138 Å². The van der Waals surface area contributed by atoms with Crippen molar-refractivity contribution >= 4 is 17.9 Å². The Labute approximate surface area is 256 Å². The van der Waals surface area contributed by atoms with Crippen molar-refractivity contribution in [3.05, 3.63) is 23.3 Å². The number of esters is 3. The van der Waals surface area contributed by atoms with Gasteiger partial charge in [0.25, 0.3) is 0 Å². The highest BCUT2D eigenvalue weighted by Crippen LogP contribution is 2.76. The Morgan fingerprint density at radius 3 is 2.55 bits per heavy atom. The molecule has 0 unspecified atom stereocenters. The van der Waals surface area contributed by atoms with E-state index in [1.54, 1.807) is 32.9 Å². The van der Waals surface area contributed by atoms with Crippen LogP contribution < -0.4 is 0 Å². The molecule has 0 amide bonds. The fourth-order valence-electron chi connectivity index (χ4n) is 11.0. The van der Waals surface area contributed by atoms with Crippen molar-refractivity contribution in [3.63, 3.8) is 0 Å². The fourth-order valence-corrected chi connectivity index (χ4v) is 11.0. The van der Waals surface area contributed by atoms with Gasteiger partial charge in [0.15, 0.2) is 0 Å². The number of carbonyl (C=O) groups is 3. The third-order valence-corrected chi connectivity index (χ3v) is 12.8. The number of aliphatic hydroxyl groups is 2. The molecule has 44 heavy (non-hydrogen) atoms. The van der Waals surface area contributed by atoms with E-state index in [1.165, 1.54) is 0 Å². The quantitative estimate of drug-likeness (QED) is 0.208. The van der Waals surface area contributed by atoms with Crippen LogP contribution in [0.1, 0.15) is 73.6 Å². The molecule has 8 aliphatic rings. The number of carbonyl (C=O) groups excluding carboxylic acids is 3. The van der Waals surface area contributed by atoms with E-state index in [2.05, 4.69) is 6.92 Å². The lowest BCUT2D eigenvalue weighted by Crippen LogP contribution is -2.72. The van der Waals surface area contributed by atoms with Crippen molar-refractivity contribution < 1.29 is 53.0 Å². The van der Waals surface area contributed by atoms with E-state index in [1.807, 2.05) is 13.8 Å². The van der Waals surface area contributed by atoms with Gasteiger partial charge >= 0.3 is 17.9 Å². The maximum absolute atomic E-state index is 13.4. The van der Waals surface area contributed by atoms with Crippen molar-refractivity contribution in [3.8, 4) is 0 Å². The second kappa shape index (κ2) is 8.73. The van der Waals surface area contributed by atoms with E-state index in [4.69, 9.17) is 28.4 Å². The first-order valence-electron chi connectivity index (χ1n) is 16.0. The number of cyclic esters (lactones) is 1. The topological polar surface area (TPSA) is 150 Å². The Hall–Kier alpha value is -2.31. The van der Waals surface area contributed by atoms with E-state index in [0.29, 0.717) is 17.6 Å². The first kappa shape index (κ1) is 29.1. The van der Waals surface area contributed by atoms with Crippen LogP contribution in [0, 0.1) is 23.7 Å². The maximum atomic E-state index is 13.4. The van der Waals surface area contributed by atoms with Crippen molar-refractivity contribution in [2.75, 3.05) is 0 Å². The van der Waals surface area contributed by atoms with E-state index >= 15 is 0 Å². The first-order chi connectivity index (χ1) is 20.6. The lowest BCUT2D eigenvalue weighted by Gasteiger charge is -2.56. The molecule has 3 aliphatic carbocycles. The second-order valence-corrected chi connectivity index (χ2v) is 15.2. The summed E-state index contributed by atoms with van der Waals surface area (Å²) >= 11 is 0. The second-order valence-electron chi connectivity index (χ2n) is 15.2. The molecule has 7 fully saturated rings. The number of fused-ring (bicyclic) bond motifs is 1. The van der Waals surface area contributed by atoms with E-state index in [0.717, 1.165) is 0 Å². The number of rotatable bonds is 3. The van der Waals surface area contributed by atoms with Gasteiger partial charge in [-0.1, -0.05) is 13.0 Å². The molecule has 3 saturated carbocycles. The lowest BCUT2D eigenvalue weighted by atomic mass is 9.56. The average molecular weight is 615 g/mol. The molecule has 5 heterocycles. The summed E-state index contributed by atoms with van der Waals surface area (Å²) in [6.45, 7) is 11.1. The van der Waals surface area contributed by atoms with Gasteiger partial charge in [-0.2, -0.15) is 0 Å². The predicted octanol–water partition coefficient (Wildman–Crippen LogP) is 2.05. The molecule has 0 bridgehead atoms. The van der Waals surface area contributed by atoms with E-state index < -0.39 is 82.3 Å². The van der Waals surface area contributed by atoms with E-state index in [-0.39, 0.29) is 49.6 Å². The van der Waals surface area contributed by atoms with Gasteiger partial charge in [-0.25, -0.2) is 9.59 Å². The van der Waals surface area contributed by atoms with Gasteiger partial charge in [0, 0.05) is 35.8 Å². The zero-order valence-electron chi connectivity index (χ0n) is 26.0. The molecule has 0 aromatic rings. The minimum Gasteiger partial charge on any atom is -0.458 e. The molecule has 14 atom stereocenters. The minimum absolute atomic E-state index is 0.0165. The first-order valence-corrected chi connectivity index (χ1v) is 16.0. The largest absolute Gasteiger partial charge is 0.458 e. The van der Waals surface area contributed by atoms with Crippen LogP contribution in [0.25, 0.3) is 0 Å². The van der Waals surface area contributed by atoms with Gasteiger partial charge in [0.05, 0.1) is 35.7 Å². The summed E-state index contributed by atoms with van der Waals surface area (Å²) in [7, 11) is 0. The van der Waals surface area contributed by atoms with Crippen molar-refractivity contribution in [2.24, 2.45) is 23.7 Å². The molecule has 0 aromatic heterocycles. The Morgan fingerprint density at radius 1 is 1.11 bits per heavy atom. The Morgan fingerprint density at radius 2 is 1.86 bits per heavy atom. The standard InChI is InChI=1S/C33H42O11/c1-7-14(2)27(36)40-19-10-20-29(5,6)41-22-11-24(35)43-31(20,22)13-30(38)12-21(34)32-17(9-23-33(32,42-23)26(19)30)16(4)25(44-32)18-8-15(3)28(37)39-18/h7-8,16-23,25-26,34,38H,9-13H2,1-6H3/b14-7-/t16-,17+,18-,19+,20-,21-,22+,23-,25+,26+,30-,31+,32+,33+/m0/s1. The Balaban J connectivity index is 1.26. The monoisotopic (exact) mass is 614 g/mol. The molecule has 2 N–H and O–H groups in total. The fraction of sp³-hybridized carbons (Fsp3) is 0.788. The van der Waals surface area contributed by atoms with Crippen LogP contribution in [-0.2, 0) is 42.8 Å². The van der Waals surface area contributed by atoms with Crippen molar-refractivity contribution in [1.82, 2.24) is 0 Å². The van der Waals surface area contributed by atoms with Crippen molar-refractivity contribution in [1.29, 1.82) is 0 Å². The summed E-state index contributed by atoms with van der Waals surface area (Å²) in [5, 5.41) is 25.1. The number of epoxide rings is 1. The zero-order valence-corrected chi connectivity index (χ0v) is 26.0. The summed E-state index contributed by atoms with van der Waals surface area (Å²) in [4.78, 5) is 38.5. The van der Waals surface area contributed by atoms with Crippen LogP contribution in [0.4, 0.5) is 0 Å². The summed E-state index contributed by atoms with van der Waals surface area (Å²) in [6.07, 6.45) is 0.247. The number of hydrogen-bond donors (Lipinski definition) is 2. The molecule has 240 valence electrons. The molecule has 5 aliphatic heterocycles. The third kappa shape index (κ3) is 3.32. The van der Waals surface area contributed by atoms with Crippen LogP contribution in [-0.4, -0.2) is 92.8 Å². The molecule has 11 heteroatoms. The van der Waals surface area contributed by atoms with Crippen LogP contribution >= 0.6 is 0 Å². The molecule has 8 rings (SSSR count). The number of ether oxygens (including phenoxy) is 6.